The van der Waals surface area contributed by atoms with E-state index in [0.29, 0.717) is 12.0 Å². The van der Waals surface area contributed by atoms with E-state index >= 15 is 0 Å². The number of benzene rings is 1. The summed E-state index contributed by atoms with van der Waals surface area (Å²) in [5.74, 6) is 1.11. The minimum Gasteiger partial charge on any atom is -0.307 e. The van der Waals surface area contributed by atoms with Crippen LogP contribution in [0, 0.1) is 17.7 Å². The van der Waals surface area contributed by atoms with E-state index in [1.54, 1.807) is 6.07 Å². The molecule has 0 saturated heterocycles. The van der Waals surface area contributed by atoms with Crippen LogP contribution < -0.4 is 5.32 Å². The molecule has 19 heavy (non-hydrogen) atoms. The van der Waals surface area contributed by atoms with E-state index in [1.807, 2.05) is 6.07 Å². The van der Waals surface area contributed by atoms with Gasteiger partial charge in [0.05, 0.1) is 5.02 Å². The van der Waals surface area contributed by atoms with Gasteiger partial charge in [-0.1, -0.05) is 44.4 Å². The van der Waals surface area contributed by atoms with Crippen molar-refractivity contribution >= 4 is 11.6 Å². The lowest BCUT2D eigenvalue weighted by Crippen LogP contribution is -2.41. The summed E-state index contributed by atoms with van der Waals surface area (Å²) in [5, 5.41) is 3.89. The smallest absolute Gasteiger partial charge is 0.141 e. The van der Waals surface area contributed by atoms with Crippen molar-refractivity contribution < 1.29 is 4.39 Å². The molecule has 1 aliphatic rings. The van der Waals surface area contributed by atoms with E-state index in [1.165, 1.54) is 25.3 Å². The Labute approximate surface area is 120 Å². The minimum absolute atomic E-state index is 0.204. The van der Waals surface area contributed by atoms with Gasteiger partial charge in [0.1, 0.15) is 5.82 Å². The number of halogens is 2. The van der Waals surface area contributed by atoms with Gasteiger partial charge in [0, 0.05) is 12.1 Å². The summed E-state index contributed by atoms with van der Waals surface area (Å²) in [6.07, 6.45) is 3.85. The first-order chi connectivity index (χ1) is 8.99. The fourth-order valence-electron chi connectivity index (χ4n) is 3.02. The molecule has 1 saturated carbocycles. The zero-order chi connectivity index (χ0) is 14.0. The largest absolute Gasteiger partial charge is 0.307 e. The Balaban J connectivity index is 2.03. The number of hydrogen-bond donors (Lipinski definition) is 1. The average Bonchev–Trinajstić information content (AvgIpc) is 2.38. The van der Waals surface area contributed by atoms with Crippen molar-refractivity contribution in [3.05, 3.63) is 34.6 Å². The van der Waals surface area contributed by atoms with Crippen molar-refractivity contribution in [3.8, 4) is 0 Å². The van der Waals surface area contributed by atoms with Crippen molar-refractivity contribution in [2.24, 2.45) is 11.8 Å². The maximum atomic E-state index is 13.2. The van der Waals surface area contributed by atoms with Crippen LogP contribution in [0.4, 0.5) is 4.39 Å². The van der Waals surface area contributed by atoms with Crippen LogP contribution in [-0.4, -0.2) is 6.04 Å². The third kappa shape index (κ3) is 3.49. The molecule has 0 amide bonds. The summed E-state index contributed by atoms with van der Waals surface area (Å²) in [6.45, 7) is 6.78. The molecule has 0 radical (unpaired) electrons. The standard InChI is InChI=1S/C16H23ClFN/c1-10-5-4-6-16(11(10)2)19-12(3)13-7-8-15(18)14(17)9-13/h7-12,16,19H,4-6H2,1-3H3. The van der Waals surface area contributed by atoms with E-state index < -0.39 is 0 Å². The molecular formula is C16H23ClFN. The highest BCUT2D eigenvalue weighted by atomic mass is 35.5. The first-order valence-corrected chi connectivity index (χ1v) is 7.58. The van der Waals surface area contributed by atoms with E-state index in [9.17, 15) is 4.39 Å². The fourth-order valence-corrected chi connectivity index (χ4v) is 3.21. The van der Waals surface area contributed by atoms with Crippen LogP contribution in [0.25, 0.3) is 0 Å². The third-order valence-corrected chi connectivity index (χ3v) is 4.90. The van der Waals surface area contributed by atoms with Gasteiger partial charge in [-0.05, 0) is 42.9 Å². The molecule has 0 aliphatic heterocycles. The predicted molar refractivity (Wildman–Crippen MR) is 78.9 cm³/mol. The van der Waals surface area contributed by atoms with Crippen LogP contribution in [-0.2, 0) is 0 Å². The van der Waals surface area contributed by atoms with Crippen molar-refractivity contribution in [3.63, 3.8) is 0 Å². The summed E-state index contributed by atoms with van der Waals surface area (Å²) in [5.41, 5.74) is 1.05. The van der Waals surface area contributed by atoms with Crippen LogP contribution in [0.2, 0.25) is 5.02 Å². The van der Waals surface area contributed by atoms with Gasteiger partial charge < -0.3 is 5.32 Å². The second-order valence-electron chi connectivity index (χ2n) is 5.94. The lowest BCUT2D eigenvalue weighted by molar-refractivity contribution is 0.196. The molecular weight excluding hydrogens is 261 g/mol. The molecule has 106 valence electrons. The average molecular weight is 284 g/mol. The number of hydrogen-bond acceptors (Lipinski definition) is 1. The Hall–Kier alpha value is -0.600. The summed E-state index contributed by atoms with van der Waals surface area (Å²) in [6, 6.07) is 5.74. The van der Waals surface area contributed by atoms with Gasteiger partial charge in [-0.3, -0.25) is 0 Å². The van der Waals surface area contributed by atoms with Gasteiger partial charge in [0.15, 0.2) is 0 Å². The number of rotatable bonds is 3. The van der Waals surface area contributed by atoms with E-state index in [2.05, 4.69) is 26.1 Å². The molecule has 0 aromatic heterocycles. The zero-order valence-corrected chi connectivity index (χ0v) is 12.7. The molecule has 0 spiro atoms. The van der Waals surface area contributed by atoms with Crippen LogP contribution in [0.3, 0.4) is 0 Å². The first kappa shape index (κ1) is 14.8. The molecule has 0 heterocycles. The van der Waals surface area contributed by atoms with Gasteiger partial charge >= 0.3 is 0 Å². The SMILES string of the molecule is CC(NC1CCCC(C)C1C)c1ccc(F)c(Cl)c1. The molecule has 1 aromatic carbocycles. The summed E-state index contributed by atoms with van der Waals surface area (Å²) in [4.78, 5) is 0. The Morgan fingerprint density at radius 3 is 2.74 bits per heavy atom. The molecule has 2 rings (SSSR count). The van der Waals surface area contributed by atoms with Crippen LogP contribution >= 0.6 is 11.6 Å². The molecule has 1 aliphatic carbocycles. The van der Waals surface area contributed by atoms with Gasteiger partial charge in [-0.15, -0.1) is 0 Å². The predicted octanol–water partition coefficient (Wildman–Crippen LogP) is 4.95. The van der Waals surface area contributed by atoms with E-state index in [-0.39, 0.29) is 16.9 Å². The van der Waals surface area contributed by atoms with Gasteiger partial charge in [0.2, 0.25) is 0 Å². The molecule has 1 N–H and O–H groups in total. The van der Waals surface area contributed by atoms with Gasteiger partial charge in [-0.2, -0.15) is 0 Å². The minimum atomic E-state index is -0.350. The first-order valence-electron chi connectivity index (χ1n) is 7.20. The van der Waals surface area contributed by atoms with Crippen molar-refractivity contribution in [2.45, 2.75) is 52.1 Å². The lowest BCUT2D eigenvalue weighted by Gasteiger charge is -2.36. The highest BCUT2D eigenvalue weighted by Gasteiger charge is 2.28. The molecule has 4 atom stereocenters. The van der Waals surface area contributed by atoms with Crippen molar-refractivity contribution in [1.29, 1.82) is 0 Å². The van der Waals surface area contributed by atoms with Crippen LogP contribution in [0.5, 0.6) is 0 Å². The summed E-state index contributed by atoms with van der Waals surface area (Å²) in [7, 11) is 0. The monoisotopic (exact) mass is 283 g/mol. The summed E-state index contributed by atoms with van der Waals surface area (Å²) >= 11 is 5.85. The Bertz CT molecular complexity index is 435. The van der Waals surface area contributed by atoms with Gasteiger partial charge in [0.25, 0.3) is 0 Å². The fraction of sp³-hybridized carbons (Fsp3) is 0.625. The Morgan fingerprint density at radius 2 is 2.05 bits per heavy atom. The van der Waals surface area contributed by atoms with Crippen molar-refractivity contribution in [2.75, 3.05) is 0 Å². The second kappa shape index (κ2) is 6.23. The molecule has 1 nitrogen and oxygen atoms in total. The van der Waals surface area contributed by atoms with Crippen LogP contribution in [0.1, 0.15) is 51.6 Å². The van der Waals surface area contributed by atoms with Crippen LogP contribution in [0.15, 0.2) is 18.2 Å². The highest BCUT2D eigenvalue weighted by molar-refractivity contribution is 6.30. The Morgan fingerprint density at radius 1 is 1.32 bits per heavy atom. The Kier molecular flexibility index (Phi) is 4.86. The maximum absolute atomic E-state index is 13.2. The van der Waals surface area contributed by atoms with Crippen molar-refractivity contribution in [1.82, 2.24) is 5.32 Å². The lowest BCUT2D eigenvalue weighted by atomic mass is 9.77. The summed E-state index contributed by atoms with van der Waals surface area (Å²) < 4.78 is 13.2. The normalized spacial score (nSPS) is 29.2. The van der Waals surface area contributed by atoms with E-state index in [0.717, 1.165) is 11.5 Å². The molecule has 4 unspecified atom stereocenters. The molecule has 3 heteroatoms. The highest BCUT2D eigenvalue weighted by Crippen LogP contribution is 2.31. The van der Waals surface area contributed by atoms with E-state index in [4.69, 9.17) is 11.6 Å². The molecule has 1 aromatic rings. The molecule has 1 fully saturated rings. The second-order valence-corrected chi connectivity index (χ2v) is 6.34. The third-order valence-electron chi connectivity index (χ3n) is 4.61. The maximum Gasteiger partial charge on any atom is 0.141 e. The number of nitrogens with one attached hydrogen (secondary N) is 1. The topological polar surface area (TPSA) is 12.0 Å². The zero-order valence-electron chi connectivity index (χ0n) is 11.9. The van der Waals surface area contributed by atoms with Gasteiger partial charge in [-0.25, -0.2) is 4.39 Å². The quantitative estimate of drug-likeness (QED) is 0.827. The molecule has 0 bridgehead atoms.